The predicted octanol–water partition coefficient (Wildman–Crippen LogP) is 4.07. The van der Waals surface area contributed by atoms with Gasteiger partial charge in [-0.15, -0.1) is 0 Å². The Balaban J connectivity index is 1.59. The molecule has 0 saturated carbocycles. The average Bonchev–Trinajstić information content (AvgIpc) is 3.32. The highest BCUT2D eigenvalue weighted by molar-refractivity contribution is 5.52. The molecule has 0 spiro atoms. The Hall–Kier alpha value is -3.98. The molecule has 1 aliphatic heterocycles. The summed E-state index contributed by atoms with van der Waals surface area (Å²) in [5.74, 6) is 0.654. The molecule has 1 saturated heterocycles. The highest BCUT2D eigenvalue weighted by Crippen LogP contribution is 2.45. The second-order valence-electron chi connectivity index (χ2n) is 10.1. The van der Waals surface area contributed by atoms with E-state index in [4.69, 9.17) is 14.2 Å². The Morgan fingerprint density at radius 1 is 1.00 bits per heavy atom. The van der Waals surface area contributed by atoms with Crippen molar-refractivity contribution in [3.05, 3.63) is 134 Å². The van der Waals surface area contributed by atoms with Gasteiger partial charge in [-0.25, -0.2) is 4.79 Å². The molecule has 1 fully saturated rings. The molecule has 0 aliphatic carbocycles. The molecule has 3 aromatic carbocycles. The van der Waals surface area contributed by atoms with E-state index < -0.39 is 34.8 Å². The summed E-state index contributed by atoms with van der Waals surface area (Å²) in [7, 11) is 1.63. The normalized spacial score (nSPS) is 20.9. The zero-order chi connectivity index (χ0) is 28.3. The molecule has 2 heterocycles. The molecule has 40 heavy (non-hydrogen) atoms. The Kier molecular flexibility index (Phi) is 7.76. The van der Waals surface area contributed by atoms with Crippen LogP contribution in [-0.4, -0.2) is 40.6 Å². The third-order valence-corrected chi connectivity index (χ3v) is 7.75. The minimum absolute atomic E-state index is 0.0157. The molecule has 8 heteroatoms. The zero-order valence-corrected chi connectivity index (χ0v) is 22.9. The van der Waals surface area contributed by atoms with Crippen LogP contribution in [0.15, 0.2) is 101 Å². The summed E-state index contributed by atoms with van der Waals surface area (Å²) in [6.07, 6.45) is 0.400. The van der Waals surface area contributed by atoms with E-state index in [1.807, 2.05) is 91.9 Å². The molecule has 0 unspecified atom stereocenters. The fourth-order valence-corrected chi connectivity index (χ4v) is 5.64. The van der Waals surface area contributed by atoms with Crippen molar-refractivity contribution in [2.24, 2.45) is 0 Å². The largest absolute Gasteiger partial charge is 0.496 e. The second kappa shape index (κ2) is 11.3. The SMILES string of the molecule is CC[C@]1(n2cc(C)c(=O)[nH]c2=O)C[C@H](O)[C@@H](COC(c2ccccc2)(c2ccccc2)c2ccccc2OC)O1. The van der Waals surface area contributed by atoms with Crippen molar-refractivity contribution in [1.29, 1.82) is 0 Å². The van der Waals surface area contributed by atoms with Gasteiger partial charge < -0.3 is 19.3 Å². The van der Waals surface area contributed by atoms with E-state index in [1.54, 1.807) is 14.0 Å². The number of nitrogens with one attached hydrogen (secondary N) is 1. The van der Waals surface area contributed by atoms with E-state index in [0.717, 1.165) is 16.7 Å². The smallest absolute Gasteiger partial charge is 0.330 e. The van der Waals surface area contributed by atoms with Crippen molar-refractivity contribution in [1.82, 2.24) is 9.55 Å². The number of aryl methyl sites for hydroxylation is 1. The summed E-state index contributed by atoms with van der Waals surface area (Å²) in [6.45, 7) is 3.53. The molecule has 208 valence electrons. The lowest BCUT2D eigenvalue weighted by molar-refractivity contribution is -0.143. The molecule has 4 aromatic rings. The van der Waals surface area contributed by atoms with Crippen molar-refractivity contribution < 1.29 is 19.3 Å². The van der Waals surface area contributed by atoms with Crippen LogP contribution in [0.25, 0.3) is 0 Å². The van der Waals surface area contributed by atoms with Crippen LogP contribution < -0.4 is 16.0 Å². The van der Waals surface area contributed by atoms with Crippen molar-refractivity contribution >= 4 is 0 Å². The number of aromatic nitrogens is 2. The quantitative estimate of drug-likeness (QED) is 0.309. The standard InChI is InChI=1S/C32H34N2O6/c1-4-31(34-20-22(2)29(36)33-30(34)37)19-26(35)28(40-31)21-39-32(23-13-7-5-8-14-23,24-15-9-6-10-16-24)25-17-11-12-18-27(25)38-3/h5-18,20,26,28,35H,4,19,21H2,1-3H3,(H,33,36,37)/t26-,28+,31+/m0/s1. The fourth-order valence-electron chi connectivity index (χ4n) is 5.64. The van der Waals surface area contributed by atoms with E-state index in [2.05, 4.69) is 4.98 Å². The van der Waals surface area contributed by atoms with Gasteiger partial charge in [0.1, 0.15) is 17.5 Å². The van der Waals surface area contributed by atoms with E-state index >= 15 is 0 Å². The summed E-state index contributed by atoms with van der Waals surface area (Å²) in [6, 6.07) is 27.5. The fraction of sp³-hybridized carbons (Fsp3) is 0.312. The van der Waals surface area contributed by atoms with E-state index in [1.165, 1.54) is 10.8 Å². The molecule has 8 nitrogen and oxygen atoms in total. The number of H-pyrrole nitrogens is 1. The molecule has 1 aliphatic rings. The van der Waals surface area contributed by atoms with Gasteiger partial charge in [0.05, 0.1) is 19.8 Å². The number of para-hydroxylation sites is 1. The molecule has 3 atom stereocenters. The van der Waals surface area contributed by atoms with Crippen LogP contribution in [0, 0.1) is 6.92 Å². The van der Waals surface area contributed by atoms with Gasteiger partial charge in [-0.3, -0.25) is 14.3 Å². The van der Waals surface area contributed by atoms with Gasteiger partial charge in [-0.05, 0) is 30.5 Å². The van der Waals surface area contributed by atoms with Gasteiger partial charge >= 0.3 is 5.69 Å². The third-order valence-electron chi connectivity index (χ3n) is 7.75. The van der Waals surface area contributed by atoms with Gasteiger partial charge in [0.2, 0.25) is 0 Å². The number of ether oxygens (including phenoxy) is 3. The Bertz CT molecular complexity index is 1530. The number of aliphatic hydroxyl groups is 1. The molecule has 0 radical (unpaired) electrons. The first-order chi connectivity index (χ1) is 19.3. The molecule has 5 rings (SSSR count). The van der Waals surface area contributed by atoms with Gasteiger partial charge in [0.15, 0.2) is 5.72 Å². The highest BCUT2D eigenvalue weighted by atomic mass is 16.6. The minimum Gasteiger partial charge on any atom is -0.496 e. The van der Waals surface area contributed by atoms with E-state index in [-0.39, 0.29) is 13.0 Å². The first-order valence-electron chi connectivity index (χ1n) is 13.4. The number of benzene rings is 3. The van der Waals surface area contributed by atoms with Crippen LogP contribution >= 0.6 is 0 Å². The maximum Gasteiger partial charge on any atom is 0.330 e. The van der Waals surface area contributed by atoms with Crippen molar-refractivity contribution in [2.45, 2.75) is 50.2 Å². The van der Waals surface area contributed by atoms with Crippen molar-refractivity contribution in [3.8, 4) is 5.75 Å². The Labute approximate surface area is 232 Å². The summed E-state index contributed by atoms with van der Waals surface area (Å²) in [4.78, 5) is 27.2. The molecule has 2 N–H and O–H groups in total. The lowest BCUT2D eigenvalue weighted by Gasteiger charge is -2.38. The first kappa shape index (κ1) is 27.6. The third kappa shape index (κ3) is 4.79. The van der Waals surface area contributed by atoms with E-state index in [9.17, 15) is 14.7 Å². The Morgan fingerprint density at radius 2 is 1.60 bits per heavy atom. The van der Waals surface area contributed by atoms with Crippen LogP contribution in [0.2, 0.25) is 0 Å². The van der Waals surface area contributed by atoms with E-state index in [0.29, 0.717) is 17.7 Å². The zero-order valence-electron chi connectivity index (χ0n) is 22.9. The summed E-state index contributed by atoms with van der Waals surface area (Å²) < 4.78 is 20.6. The number of hydrogen-bond donors (Lipinski definition) is 2. The number of nitrogens with zero attached hydrogens (tertiary/aromatic N) is 1. The van der Waals surface area contributed by atoms with Crippen molar-refractivity contribution in [3.63, 3.8) is 0 Å². The predicted molar refractivity (Wildman–Crippen MR) is 152 cm³/mol. The number of aromatic amines is 1. The van der Waals surface area contributed by atoms with Crippen LogP contribution in [0.1, 0.15) is 42.0 Å². The van der Waals surface area contributed by atoms with Crippen LogP contribution in [0.5, 0.6) is 5.75 Å². The van der Waals surface area contributed by atoms with Crippen LogP contribution in [0.3, 0.4) is 0 Å². The summed E-state index contributed by atoms with van der Waals surface area (Å²) in [5, 5.41) is 11.2. The topological polar surface area (TPSA) is 103 Å². The first-order valence-corrected chi connectivity index (χ1v) is 13.4. The lowest BCUT2D eigenvalue weighted by atomic mass is 9.79. The molecule has 0 amide bonds. The monoisotopic (exact) mass is 542 g/mol. The molecule has 0 bridgehead atoms. The lowest BCUT2D eigenvalue weighted by Crippen LogP contribution is -2.45. The number of aliphatic hydroxyl groups excluding tert-OH is 1. The average molecular weight is 543 g/mol. The highest BCUT2D eigenvalue weighted by Gasteiger charge is 2.49. The van der Waals surface area contributed by atoms with Gasteiger partial charge in [0, 0.05) is 23.7 Å². The molecule has 1 aromatic heterocycles. The maximum atomic E-state index is 12.8. The van der Waals surface area contributed by atoms with Gasteiger partial charge in [0.25, 0.3) is 5.56 Å². The van der Waals surface area contributed by atoms with Crippen LogP contribution in [0.4, 0.5) is 0 Å². The second-order valence-corrected chi connectivity index (χ2v) is 10.1. The minimum atomic E-state index is -1.13. The summed E-state index contributed by atoms with van der Waals surface area (Å²) >= 11 is 0. The van der Waals surface area contributed by atoms with Crippen molar-refractivity contribution in [2.75, 3.05) is 13.7 Å². The maximum absolute atomic E-state index is 12.8. The molecular weight excluding hydrogens is 508 g/mol. The summed E-state index contributed by atoms with van der Waals surface area (Å²) in [5.41, 5.74) is -0.306. The van der Waals surface area contributed by atoms with Crippen LogP contribution in [-0.2, 0) is 20.8 Å². The number of methoxy groups -OCH3 is 1. The Morgan fingerprint density at radius 3 is 2.20 bits per heavy atom. The number of hydrogen-bond acceptors (Lipinski definition) is 6. The number of rotatable bonds is 9. The molecular formula is C32H34N2O6. The van der Waals surface area contributed by atoms with Gasteiger partial charge in [-0.2, -0.15) is 0 Å². The van der Waals surface area contributed by atoms with Gasteiger partial charge in [-0.1, -0.05) is 85.8 Å².